The minimum atomic E-state index is -4.72. The van der Waals surface area contributed by atoms with Crippen molar-refractivity contribution in [1.82, 2.24) is 20.3 Å². The summed E-state index contributed by atoms with van der Waals surface area (Å²) in [4.78, 5) is 11.7. The maximum absolute atomic E-state index is 14.6. The van der Waals surface area contributed by atoms with Gasteiger partial charge in [-0.15, -0.1) is 0 Å². The largest absolute Gasteiger partial charge is 0.416 e. The Hall–Kier alpha value is -3.23. The summed E-state index contributed by atoms with van der Waals surface area (Å²) in [6, 6.07) is 15.0. The summed E-state index contributed by atoms with van der Waals surface area (Å²) < 4.78 is 55.5. The SMILES string of the molecule is Cc1[nH]cnc1CNC(Cc1ccccc1)(c1cc(F)cc(C(F)(F)F)c1)c1ccc(Cl)cn1. The molecule has 0 saturated carbocycles. The van der Waals surface area contributed by atoms with Crippen molar-refractivity contribution in [3.8, 4) is 0 Å². The Balaban J connectivity index is 1.94. The highest BCUT2D eigenvalue weighted by molar-refractivity contribution is 6.30. The van der Waals surface area contributed by atoms with Gasteiger partial charge < -0.3 is 4.98 Å². The van der Waals surface area contributed by atoms with Gasteiger partial charge in [-0.1, -0.05) is 41.9 Å². The van der Waals surface area contributed by atoms with E-state index in [-0.39, 0.29) is 18.5 Å². The average Bonchev–Trinajstić information content (AvgIpc) is 3.21. The number of benzene rings is 2. The number of nitrogens with one attached hydrogen (secondary N) is 2. The van der Waals surface area contributed by atoms with E-state index in [2.05, 4.69) is 20.3 Å². The van der Waals surface area contributed by atoms with Crippen molar-refractivity contribution in [2.24, 2.45) is 0 Å². The molecule has 2 aromatic heterocycles. The number of H-pyrrole nitrogens is 1. The Kier molecular flexibility index (Phi) is 6.72. The standard InChI is InChI=1S/C25H21ClF4N4/c1-16-22(33-15-32-16)14-34-24(12-17-5-3-2-4-6-17,23-8-7-20(26)13-31-23)18-9-19(25(28,29)30)11-21(27)10-18/h2-11,13,15,34H,12,14H2,1H3,(H,32,33). The Morgan fingerprint density at radius 1 is 0.971 bits per heavy atom. The van der Waals surface area contributed by atoms with Crippen LogP contribution >= 0.6 is 11.6 Å². The number of hydrogen-bond acceptors (Lipinski definition) is 3. The lowest BCUT2D eigenvalue weighted by molar-refractivity contribution is -0.137. The highest BCUT2D eigenvalue weighted by Crippen LogP contribution is 2.38. The Bertz CT molecular complexity index is 1260. The first-order valence-corrected chi connectivity index (χ1v) is 10.8. The molecule has 4 aromatic rings. The molecule has 0 bridgehead atoms. The van der Waals surface area contributed by atoms with Crippen LogP contribution < -0.4 is 5.32 Å². The van der Waals surface area contributed by atoms with Crippen molar-refractivity contribution >= 4 is 11.6 Å². The summed E-state index contributed by atoms with van der Waals surface area (Å²) in [5.41, 5.74) is 0.396. The van der Waals surface area contributed by atoms with Crippen LogP contribution in [0.4, 0.5) is 17.6 Å². The van der Waals surface area contributed by atoms with Gasteiger partial charge in [-0.3, -0.25) is 10.3 Å². The van der Waals surface area contributed by atoms with Crippen LogP contribution in [-0.2, 0) is 24.7 Å². The van der Waals surface area contributed by atoms with Gasteiger partial charge in [-0.2, -0.15) is 13.2 Å². The molecule has 0 aliphatic heterocycles. The zero-order chi connectivity index (χ0) is 24.3. The van der Waals surface area contributed by atoms with E-state index in [9.17, 15) is 17.6 Å². The van der Waals surface area contributed by atoms with E-state index >= 15 is 0 Å². The van der Waals surface area contributed by atoms with Crippen LogP contribution in [0.5, 0.6) is 0 Å². The van der Waals surface area contributed by atoms with E-state index in [1.165, 1.54) is 12.5 Å². The number of aromatic nitrogens is 3. The van der Waals surface area contributed by atoms with Gasteiger partial charge in [0.2, 0.25) is 0 Å². The second-order valence-corrected chi connectivity index (χ2v) is 8.42. The molecule has 0 aliphatic rings. The molecule has 176 valence electrons. The molecule has 0 radical (unpaired) electrons. The lowest BCUT2D eigenvalue weighted by atomic mass is 9.79. The van der Waals surface area contributed by atoms with Gasteiger partial charge in [0, 0.05) is 24.9 Å². The predicted octanol–water partition coefficient (Wildman–Crippen LogP) is 6.20. The van der Waals surface area contributed by atoms with Crippen molar-refractivity contribution in [3.63, 3.8) is 0 Å². The molecule has 0 fully saturated rings. The Labute approximate surface area is 199 Å². The molecule has 4 rings (SSSR count). The monoisotopic (exact) mass is 488 g/mol. The number of imidazole rings is 1. The van der Waals surface area contributed by atoms with Crippen LogP contribution in [0.2, 0.25) is 5.02 Å². The molecule has 0 saturated heterocycles. The summed E-state index contributed by atoms with van der Waals surface area (Å²) in [5.74, 6) is -0.992. The summed E-state index contributed by atoms with van der Waals surface area (Å²) in [5, 5.41) is 3.73. The van der Waals surface area contributed by atoms with Gasteiger partial charge in [-0.25, -0.2) is 9.37 Å². The number of hydrogen-bond donors (Lipinski definition) is 2. The number of pyridine rings is 1. The molecule has 0 aliphatic carbocycles. The first-order chi connectivity index (χ1) is 16.2. The van der Waals surface area contributed by atoms with Crippen molar-refractivity contribution in [3.05, 3.63) is 118 Å². The molecule has 1 unspecified atom stereocenters. The zero-order valence-electron chi connectivity index (χ0n) is 18.1. The molecule has 9 heteroatoms. The summed E-state index contributed by atoms with van der Waals surface area (Å²) >= 11 is 6.05. The Morgan fingerprint density at radius 2 is 1.71 bits per heavy atom. The highest BCUT2D eigenvalue weighted by Gasteiger charge is 2.39. The maximum atomic E-state index is 14.6. The lowest BCUT2D eigenvalue weighted by Gasteiger charge is -2.36. The third kappa shape index (κ3) is 5.13. The van der Waals surface area contributed by atoms with Gasteiger partial charge in [-0.05, 0) is 48.4 Å². The summed E-state index contributed by atoms with van der Waals surface area (Å²) in [6.45, 7) is 2.04. The fourth-order valence-electron chi connectivity index (χ4n) is 3.93. The molecular weight excluding hydrogens is 468 g/mol. The first kappa shape index (κ1) is 23.9. The van der Waals surface area contributed by atoms with E-state index in [1.54, 1.807) is 12.1 Å². The van der Waals surface area contributed by atoms with Crippen LogP contribution in [-0.4, -0.2) is 15.0 Å². The minimum absolute atomic E-state index is 0.0895. The van der Waals surface area contributed by atoms with E-state index in [0.717, 1.165) is 23.4 Å². The van der Waals surface area contributed by atoms with E-state index in [0.29, 0.717) is 22.5 Å². The molecule has 0 amide bonds. The number of alkyl halides is 3. The van der Waals surface area contributed by atoms with Crippen molar-refractivity contribution in [2.45, 2.75) is 31.6 Å². The quantitative estimate of drug-likeness (QED) is 0.304. The van der Waals surface area contributed by atoms with Crippen molar-refractivity contribution in [2.75, 3.05) is 0 Å². The normalized spacial score (nSPS) is 13.6. The van der Waals surface area contributed by atoms with E-state index < -0.39 is 23.1 Å². The van der Waals surface area contributed by atoms with Gasteiger partial charge in [0.15, 0.2) is 0 Å². The predicted molar refractivity (Wildman–Crippen MR) is 122 cm³/mol. The molecule has 4 nitrogen and oxygen atoms in total. The zero-order valence-corrected chi connectivity index (χ0v) is 18.9. The maximum Gasteiger partial charge on any atom is 0.416 e. The third-order valence-electron chi connectivity index (χ3n) is 5.69. The topological polar surface area (TPSA) is 53.6 Å². The van der Waals surface area contributed by atoms with Crippen molar-refractivity contribution in [1.29, 1.82) is 0 Å². The van der Waals surface area contributed by atoms with E-state index in [1.807, 2.05) is 37.3 Å². The molecule has 2 heterocycles. The third-order valence-corrected chi connectivity index (χ3v) is 5.91. The second kappa shape index (κ2) is 9.56. The number of halogens is 5. The minimum Gasteiger partial charge on any atom is -0.348 e. The Morgan fingerprint density at radius 3 is 2.32 bits per heavy atom. The molecule has 2 aromatic carbocycles. The molecule has 0 spiro atoms. The number of aromatic amines is 1. The average molecular weight is 489 g/mol. The van der Waals surface area contributed by atoms with Crippen LogP contribution in [0.15, 0.2) is 73.2 Å². The van der Waals surface area contributed by atoms with Crippen LogP contribution in [0.3, 0.4) is 0 Å². The van der Waals surface area contributed by atoms with E-state index in [4.69, 9.17) is 11.6 Å². The summed E-state index contributed by atoms with van der Waals surface area (Å²) in [6.07, 6.45) is -1.56. The number of rotatable bonds is 7. The van der Waals surface area contributed by atoms with Crippen molar-refractivity contribution < 1.29 is 17.6 Å². The van der Waals surface area contributed by atoms with Gasteiger partial charge in [0.05, 0.1) is 33.8 Å². The smallest absolute Gasteiger partial charge is 0.348 e. The van der Waals surface area contributed by atoms with Crippen LogP contribution in [0, 0.1) is 12.7 Å². The summed E-state index contributed by atoms with van der Waals surface area (Å²) in [7, 11) is 0. The highest BCUT2D eigenvalue weighted by atomic mass is 35.5. The number of nitrogens with zero attached hydrogens (tertiary/aromatic N) is 2. The molecule has 2 N–H and O–H groups in total. The van der Waals surface area contributed by atoms with Crippen LogP contribution in [0.25, 0.3) is 0 Å². The fourth-order valence-corrected chi connectivity index (χ4v) is 4.04. The number of aryl methyl sites for hydroxylation is 1. The van der Waals surface area contributed by atoms with Gasteiger partial charge >= 0.3 is 6.18 Å². The first-order valence-electron chi connectivity index (χ1n) is 10.5. The lowest BCUT2D eigenvalue weighted by Crippen LogP contribution is -2.46. The van der Waals surface area contributed by atoms with Gasteiger partial charge in [0.25, 0.3) is 0 Å². The molecule has 34 heavy (non-hydrogen) atoms. The van der Waals surface area contributed by atoms with Crippen LogP contribution in [0.1, 0.15) is 33.8 Å². The van der Waals surface area contributed by atoms with Gasteiger partial charge in [0.1, 0.15) is 5.82 Å². The second-order valence-electron chi connectivity index (χ2n) is 7.98. The fraction of sp³-hybridized carbons (Fsp3) is 0.200. The molecular formula is C25H21ClF4N4. The molecule has 1 atom stereocenters.